The highest BCUT2D eigenvalue weighted by Gasteiger charge is 2.21. The third-order valence-corrected chi connectivity index (χ3v) is 4.11. The first-order valence-corrected chi connectivity index (χ1v) is 7.87. The molecule has 0 aromatic carbocycles. The summed E-state index contributed by atoms with van der Waals surface area (Å²) in [5, 5.41) is 3.51. The quantitative estimate of drug-likeness (QED) is 0.869. The van der Waals surface area contributed by atoms with Crippen LogP contribution < -0.4 is 11.1 Å². The van der Waals surface area contributed by atoms with Crippen molar-refractivity contribution in [3.8, 4) is 0 Å². The monoisotopic (exact) mass is 330 g/mol. The van der Waals surface area contributed by atoms with Crippen molar-refractivity contribution in [2.24, 2.45) is 11.7 Å². The lowest BCUT2D eigenvalue weighted by Crippen LogP contribution is -2.41. The maximum absolute atomic E-state index is 12.1. The second-order valence-electron chi connectivity index (χ2n) is 5.35. The maximum atomic E-state index is 12.1. The first-order chi connectivity index (χ1) is 10.1. The number of pyridine rings is 1. The Morgan fingerprint density at radius 2 is 2.33 bits per heavy atom. The number of nitrogens with two attached hydrogens (primary N) is 1. The highest BCUT2D eigenvalue weighted by atomic mass is 35.5. The Balaban J connectivity index is 1.86. The second-order valence-corrected chi connectivity index (χ2v) is 6.20. The molecule has 0 bridgehead atoms. The second kappa shape index (κ2) is 7.94. The summed E-state index contributed by atoms with van der Waals surface area (Å²) in [6.07, 6.45) is 4.78. The number of anilines is 1. The van der Waals surface area contributed by atoms with E-state index in [1.807, 2.05) is 0 Å². The van der Waals surface area contributed by atoms with Crippen LogP contribution in [-0.4, -0.2) is 42.0 Å². The summed E-state index contributed by atoms with van der Waals surface area (Å²) < 4.78 is 0. The highest BCUT2D eigenvalue weighted by Crippen LogP contribution is 2.23. The lowest BCUT2D eigenvalue weighted by molar-refractivity contribution is -0.117. The molecule has 1 amide bonds. The fourth-order valence-electron chi connectivity index (χ4n) is 2.65. The van der Waals surface area contributed by atoms with Crippen molar-refractivity contribution in [2.45, 2.75) is 19.3 Å². The van der Waals surface area contributed by atoms with E-state index in [0.717, 1.165) is 25.9 Å². The molecule has 2 rings (SSSR count). The van der Waals surface area contributed by atoms with Crippen LogP contribution in [0, 0.1) is 5.92 Å². The lowest BCUT2D eigenvalue weighted by Gasteiger charge is -2.32. The number of nitrogens with one attached hydrogen (secondary N) is 1. The van der Waals surface area contributed by atoms with E-state index < -0.39 is 0 Å². The molecule has 1 saturated heterocycles. The largest absolute Gasteiger partial charge is 0.330 e. The van der Waals surface area contributed by atoms with Crippen molar-refractivity contribution in [3.05, 3.63) is 22.3 Å². The molecule has 0 aliphatic carbocycles. The van der Waals surface area contributed by atoms with Gasteiger partial charge in [0.05, 0.1) is 16.6 Å². The SMILES string of the molecule is NCCC1CCCN(CC(=O)Nc2ncc(Cl)cc2Cl)C1. The molecule has 1 aliphatic heterocycles. The van der Waals surface area contributed by atoms with Crippen LogP contribution in [0.25, 0.3) is 0 Å². The number of carbonyl (C=O) groups excluding carboxylic acids is 1. The van der Waals surface area contributed by atoms with E-state index in [4.69, 9.17) is 28.9 Å². The first kappa shape index (κ1) is 16.5. The van der Waals surface area contributed by atoms with Crippen LogP contribution in [-0.2, 0) is 4.79 Å². The van der Waals surface area contributed by atoms with Gasteiger partial charge in [-0.25, -0.2) is 4.98 Å². The van der Waals surface area contributed by atoms with Crippen molar-refractivity contribution in [2.75, 3.05) is 31.5 Å². The normalized spacial score (nSPS) is 19.5. The van der Waals surface area contributed by atoms with Gasteiger partial charge < -0.3 is 11.1 Å². The van der Waals surface area contributed by atoms with Gasteiger partial charge in [-0.3, -0.25) is 9.69 Å². The Labute approximate surface area is 134 Å². The molecule has 5 nitrogen and oxygen atoms in total. The van der Waals surface area contributed by atoms with Crippen LogP contribution in [0.2, 0.25) is 10.0 Å². The Morgan fingerprint density at radius 1 is 1.52 bits per heavy atom. The molecule has 1 aromatic heterocycles. The van der Waals surface area contributed by atoms with Crippen molar-refractivity contribution in [1.82, 2.24) is 9.88 Å². The molecule has 3 N–H and O–H groups in total. The molecule has 1 fully saturated rings. The van der Waals surface area contributed by atoms with E-state index in [0.29, 0.717) is 34.9 Å². The number of hydrogen-bond acceptors (Lipinski definition) is 4. The van der Waals surface area contributed by atoms with Gasteiger partial charge in [-0.2, -0.15) is 0 Å². The number of nitrogens with zero attached hydrogens (tertiary/aromatic N) is 2. The number of amides is 1. The third kappa shape index (κ3) is 5.11. The van der Waals surface area contributed by atoms with Crippen molar-refractivity contribution >= 4 is 34.9 Å². The van der Waals surface area contributed by atoms with Gasteiger partial charge in [0.1, 0.15) is 0 Å². The summed E-state index contributed by atoms with van der Waals surface area (Å²) in [5.74, 6) is 0.829. The zero-order valence-corrected chi connectivity index (χ0v) is 13.3. The van der Waals surface area contributed by atoms with Crippen LogP contribution >= 0.6 is 23.2 Å². The Morgan fingerprint density at radius 3 is 3.05 bits per heavy atom. The van der Waals surface area contributed by atoms with E-state index in [9.17, 15) is 4.79 Å². The predicted octanol–water partition coefficient (Wildman–Crippen LogP) is 2.39. The third-order valence-electron chi connectivity index (χ3n) is 3.61. The van der Waals surface area contributed by atoms with Gasteiger partial charge in [-0.15, -0.1) is 0 Å². The smallest absolute Gasteiger partial charge is 0.239 e. The highest BCUT2D eigenvalue weighted by molar-refractivity contribution is 6.36. The molecule has 2 heterocycles. The number of hydrogen-bond donors (Lipinski definition) is 2. The summed E-state index contributed by atoms with van der Waals surface area (Å²) in [4.78, 5) is 18.3. The summed E-state index contributed by atoms with van der Waals surface area (Å²) in [6.45, 7) is 2.92. The molecule has 1 unspecified atom stereocenters. The molecule has 21 heavy (non-hydrogen) atoms. The minimum atomic E-state index is -0.111. The fourth-order valence-corrected chi connectivity index (χ4v) is 3.07. The van der Waals surface area contributed by atoms with Crippen molar-refractivity contribution < 1.29 is 4.79 Å². The Kier molecular flexibility index (Phi) is 6.23. The van der Waals surface area contributed by atoms with Crippen LogP contribution in [0.1, 0.15) is 19.3 Å². The van der Waals surface area contributed by atoms with Crippen LogP contribution in [0.3, 0.4) is 0 Å². The average molecular weight is 331 g/mol. The topological polar surface area (TPSA) is 71.2 Å². The molecule has 1 atom stereocenters. The molecule has 1 aliphatic rings. The molecule has 116 valence electrons. The zero-order chi connectivity index (χ0) is 15.2. The molecular weight excluding hydrogens is 311 g/mol. The number of rotatable bonds is 5. The minimum absolute atomic E-state index is 0.111. The van der Waals surface area contributed by atoms with Gasteiger partial charge in [0.15, 0.2) is 5.82 Å². The van der Waals surface area contributed by atoms with Crippen LogP contribution in [0.5, 0.6) is 0 Å². The molecule has 0 spiro atoms. The lowest BCUT2D eigenvalue weighted by atomic mass is 9.95. The summed E-state index contributed by atoms with van der Waals surface area (Å²) >= 11 is 11.8. The van der Waals surface area contributed by atoms with Gasteiger partial charge >= 0.3 is 0 Å². The predicted molar refractivity (Wildman–Crippen MR) is 85.7 cm³/mol. The number of piperidine rings is 1. The van der Waals surface area contributed by atoms with Crippen molar-refractivity contribution in [3.63, 3.8) is 0 Å². The van der Waals surface area contributed by atoms with Gasteiger partial charge in [0.2, 0.25) is 5.91 Å². The van der Waals surface area contributed by atoms with Gasteiger partial charge in [0, 0.05) is 12.7 Å². The molecule has 0 saturated carbocycles. The number of aromatic nitrogens is 1. The van der Waals surface area contributed by atoms with Gasteiger partial charge in [-0.05, 0) is 44.3 Å². The summed E-state index contributed by atoms with van der Waals surface area (Å²) in [6, 6.07) is 1.56. The van der Waals surface area contributed by atoms with Gasteiger partial charge in [0.25, 0.3) is 0 Å². The van der Waals surface area contributed by atoms with E-state index in [1.165, 1.54) is 12.6 Å². The Hall–Kier alpha value is -0.880. The van der Waals surface area contributed by atoms with E-state index in [-0.39, 0.29) is 5.91 Å². The van der Waals surface area contributed by atoms with Crippen LogP contribution in [0.4, 0.5) is 5.82 Å². The Bertz CT molecular complexity index is 496. The van der Waals surface area contributed by atoms with Gasteiger partial charge in [-0.1, -0.05) is 23.2 Å². The maximum Gasteiger partial charge on any atom is 0.239 e. The number of halogens is 2. The van der Waals surface area contributed by atoms with E-state index in [2.05, 4.69) is 15.2 Å². The molecule has 0 radical (unpaired) electrons. The minimum Gasteiger partial charge on any atom is -0.330 e. The van der Waals surface area contributed by atoms with Crippen LogP contribution in [0.15, 0.2) is 12.3 Å². The number of carbonyl (C=O) groups is 1. The summed E-state index contributed by atoms with van der Waals surface area (Å²) in [5.41, 5.74) is 5.61. The first-order valence-electron chi connectivity index (χ1n) is 7.12. The van der Waals surface area contributed by atoms with E-state index in [1.54, 1.807) is 6.07 Å². The molecule has 1 aromatic rings. The fraction of sp³-hybridized carbons (Fsp3) is 0.571. The van der Waals surface area contributed by atoms with Crippen molar-refractivity contribution in [1.29, 1.82) is 0 Å². The summed E-state index contributed by atoms with van der Waals surface area (Å²) in [7, 11) is 0. The molecule has 7 heteroatoms. The van der Waals surface area contributed by atoms with E-state index >= 15 is 0 Å². The number of likely N-dealkylation sites (tertiary alicyclic amines) is 1. The zero-order valence-electron chi connectivity index (χ0n) is 11.8. The standard InChI is InChI=1S/C14H20Cl2N4O/c15-11-6-12(16)14(18-7-11)19-13(21)9-20-5-1-2-10(8-20)3-4-17/h6-7,10H,1-5,8-9,17H2,(H,18,19,21). The molecular formula is C14H20Cl2N4O. The average Bonchev–Trinajstić information content (AvgIpc) is 2.43.